The minimum absolute atomic E-state index is 0.142. The molecule has 196 valence electrons. The van der Waals surface area contributed by atoms with Crippen LogP contribution in [-0.4, -0.2) is 50.2 Å². The fraction of sp³-hybridized carbons (Fsp3) is 0.333. The zero-order valence-corrected chi connectivity index (χ0v) is 21.2. The number of para-hydroxylation sites is 1. The molecule has 0 aliphatic carbocycles. The number of carbonyl (C=O) groups excluding carboxylic acids is 2. The standard InChI is InChI=1S/C27H32N4O6/c1-18-23(26(32)36-3)25(20-9-7-12-22(17-20)31(34)35)24(19(2)30-18)27(33)37-16-8-13-28-14-15-29-21-10-5-4-6-11-21/h4-7,9-12,17,25,28-30H,8,13-16H2,1-3H3. The van der Waals surface area contributed by atoms with Crippen LogP contribution in [0.15, 0.2) is 77.1 Å². The smallest absolute Gasteiger partial charge is 0.336 e. The number of benzene rings is 2. The van der Waals surface area contributed by atoms with E-state index in [2.05, 4.69) is 16.0 Å². The van der Waals surface area contributed by atoms with Gasteiger partial charge in [-0.15, -0.1) is 0 Å². The number of methoxy groups -OCH3 is 1. The molecule has 1 aliphatic heterocycles. The molecule has 0 saturated heterocycles. The lowest BCUT2D eigenvalue weighted by Crippen LogP contribution is -2.32. The lowest BCUT2D eigenvalue weighted by atomic mass is 9.80. The second-order valence-corrected chi connectivity index (χ2v) is 8.51. The predicted molar refractivity (Wildman–Crippen MR) is 140 cm³/mol. The number of rotatable bonds is 12. The van der Waals surface area contributed by atoms with E-state index in [1.807, 2.05) is 30.3 Å². The van der Waals surface area contributed by atoms with Crippen LogP contribution < -0.4 is 16.0 Å². The Bertz CT molecular complexity index is 1190. The van der Waals surface area contributed by atoms with Gasteiger partial charge < -0.3 is 25.4 Å². The molecule has 37 heavy (non-hydrogen) atoms. The molecule has 1 unspecified atom stereocenters. The highest BCUT2D eigenvalue weighted by molar-refractivity contribution is 5.99. The number of allylic oxidation sites excluding steroid dienone is 2. The van der Waals surface area contributed by atoms with E-state index in [0.717, 1.165) is 18.8 Å². The van der Waals surface area contributed by atoms with Gasteiger partial charge in [0.25, 0.3) is 5.69 Å². The Balaban J connectivity index is 1.64. The number of nitrogens with one attached hydrogen (secondary N) is 3. The van der Waals surface area contributed by atoms with Crippen molar-refractivity contribution in [1.29, 1.82) is 0 Å². The molecule has 3 rings (SSSR count). The van der Waals surface area contributed by atoms with Gasteiger partial charge in [0.2, 0.25) is 0 Å². The van der Waals surface area contributed by atoms with Gasteiger partial charge in [-0.2, -0.15) is 0 Å². The van der Waals surface area contributed by atoms with Crippen LogP contribution in [0.2, 0.25) is 0 Å². The van der Waals surface area contributed by atoms with Gasteiger partial charge >= 0.3 is 11.9 Å². The van der Waals surface area contributed by atoms with Crippen LogP contribution in [-0.2, 0) is 19.1 Å². The Labute approximate surface area is 215 Å². The Morgan fingerprint density at radius 3 is 2.35 bits per heavy atom. The maximum absolute atomic E-state index is 13.2. The van der Waals surface area contributed by atoms with Gasteiger partial charge in [0.05, 0.1) is 35.7 Å². The molecule has 3 N–H and O–H groups in total. The average Bonchev–Trinajstić information content (AvgIpc) is 2.89. The maximum atomic E-state index is 13.2. The van der Waals surface area contributed by atoms with Gasteiger partial charge in [-0.05, 0) is 44.5 Å². The minimum Gasteiger partial charge on any atom is -0.466 e. The number of ether oxygens (including phenoxy) is 2. The van der Waals surface area contributed by atoms with Crippen LogP contribution in [0, 0.1) is 10.1 Å². The van der Waals surface area contributed by atoms with Crippen LogP contribution in [0.1, 0.15) is 31.7 Å². The van der Waals surface area contributed by atoms with E-state index >= 15 is 0 Å². The molecule has 0 spiro atoms. The van der Waals surface area contributed by atoms with E-state index in [9.17, 15) is 19.7 Å². The van der Waals surface area contributed by atoms with Crippen molar-refractivity contribution in [3.8, 4) is 0 Å². The third-order valence-corrected chi connectivity index (χ3v) is 5.94. The van der Waals surface area contributed by atoms with E-state index in [-0.39, 0.29) is 23.4 Å². The number of dihydropyridines is 1. The lowest BCUT2D eigenvalue weighted by molar-refractivity contribution is -0.384. The zero-order chi connectivity index (χ0) is 26.8. The topological polar surface area (TPSA) is 132 Å². The van der Waals surface area contributed by atoms with Crippen molar-refractivity contribution in [2.24, 2.45) is 0 Å². The molecule has 0 radical (unpaired) electrons. The molecule has 2 aromatic carbocycles. The van der Waals surface area contributed by atoms with Gasteiger partial charge in [0.15, 0.2) is 0 Å². The Hall–Kier alpha value is -4.18. The summed E-state index contributed by atoms with van der Waals surface area (Å²) in [6.07, 6.45) is 0.594. The number of hydrogen-bond acceptors (Lipinski definition) is 9. The minimum atomic E-state index is -0.872. The lowest BCUT2D eigenvalue weighted by Gasteiger charge is -2.30. The van der Waals surface area contributed by atoms with Crippen molar-refractivity contribution in [2.75, 3.05) is 38.7 Å². The van der Waals surface area contributed by atoms with Gasteiger partial charge in [-0.25, -0.2) is 9.59 Å². The van der Waals surface area contributed by atoms with Crippen molar-refractivity contribution in [1.82, 2.24) is 10.6 Å². The van der Waals surface area contributed by atoms with Crippen molar-refractivity contribution in [3.63, 3.8) is 0 Å². The summed E-state index contributed by atoms with van der Waals surface area (Å²) >= 11 is 0. The molecule has 0 amide bonds. The Morgan fingerprint density at radius 2 is 1.68 bits per heavy atom. The van der Waals surface area contributed by atoms with Crippen molar-refractivity contribution in [2.45, 2.75) is 26.2 Å². The summed E-state index contributed by atoms with van der Waals surface area (Å²) in [7, 11) is 1.25. The van der Waals surface area contributed by atoms with Crippen molar-refractivity contribution >= 4 is 23.3 Å². The second kappa shape index (κ2) is 13.2. The number of hydrogen-bond donors (Lipinski definition) is 3. The highest BCUT2D eigenvalue weighted by Gasteiger charge is 2.38. The molecule has 0 aromatic heterocycles. The van der Waals surface area contributed by atoms with E-state index in [1.54, 1.807) is 19.9 Å². The Morgan fingerprint density at radius 1 is 0.973 bits per heavy atom. The van der Waals surface area contributed by atoms with Crippen LogP contribution in [0.3, 0.4) is 0 Å². The van der Waals surface area contributed by atoms with Crippen molar-refractivity contribution < 1.29 is 24.0 Å². The normalized spacial score (nSPS) is 15.2. The first-order valence-corrected chi connectivity index (χ1v) is 12.0. The second-order valence-electron chi connectivity index (χ2n) is 8.51. The number of nitro groups is 1. The quantitative estimate of drug-likeness (QED) is 0.170. The fourth-order valence-corrected chi connectivity index (χ4v) is 4.21. The van der Waals surface area contributed by atoms with Crippen molar-refractivity contribution in [3.05, 3.63) is 92.8 Å². The third kappa shape index (κ3) is 7.17. The van der Waals surface area contributed by atoms with Gasteiger partial charge in [0.1, 0.15) is 0 Å². The summed E-state index contributed by atoms with van der Waals surface area (Å²) in [5.41, 5.74) is 2.77. The Kier molecular flexibility index (Phi) is 9.79. The van der Waals surface area contributed by atoms with Crippen LogP contribution in [0.5, 0.6) is 0 Å². The molecule has 1 atom stereocenters. The highest BCUT2D eigenvalue weighted by Crippen LogP contribution is 2.40. The van der Waals surface area contributed by atoms with E-state index < -0.39 is 22.8 Å². The van der Waals surface area contributed by atoms with E-state index in [0.29, 0.717) is 29.9 Å². The third-order valence-electron chi connectivity index (χ3n) is 5.94. The summed E-state index contributed by atoms with van der Waals surface area (Å²) in [5, 5.41) is 21.0. The molecule has 10 nitrogen and oxygen atoms in total. The van der Waals surface area contributed by atoms with Crippen LogP contribution in [0.25, 0.3) is 0 Å². The molecular formula is C27H32N4O6. The molecule has 1 aliphatic rings. The summed E-state index contributed by atoms with van der Waals surface area (Å²) in [5.74, 6) is -2.10. The number of nitro benzene ring substituents is 1. The van der Waals surface area contributed by atoms with E-state index in [4.69, 9.17) is 9.47 Å². The summed E-state index contributed by atoms with van der Waals surface area (Å²) in [6.45, 7) is 5.74. The maximum Gasteiger partial charge on any atom is 0.336 e. The number of carbonyl (C=O) groups is 2. The molecular weight excluding hydrogens is 476 g/mol. The highest BCUT2D eigenvalue weighted by atomic mass is 16.6. The fourth-order valence-electron chi connectivity index (χ4n) is 4.21. The summed E-state index contributed by atoms with van der Waals surface area (Å²) in [4.78, 5) is 36.7. The molecule has 0 fully saturated rings. The predicted octanol–water partition coefficient (Wildman–Crippen LogP) is 3.64. The van der Waals surface area contributed by atoms with E-state index in [1.165, 1.54) is 25.3 Å². The number of nitrogens with zero attached hydrogens (tertiary/aromatic N) is 1. The summed E-state index contributed by atoms with van der Waals surface area (Å²) < 4.78 is 10.5. The zero-order valence-electron chi connectivity index (χ0n) is 21.2. The molecule has 2 aromatic rings. The summed E-state index contributed by atoms with van der Waals surface area (Å²) in [6, 6.07) is 15.8. The first-order valence-electron chi connectivity index (χ1n) is 12.0. The number of non-ortho nitro benzene ring substituents is 1. The number of anilines is 1. The van der Waals surface area contributed by atoms with Crippen LogP contribution in [0.4, 0.5) is 11.4 Å². The first kappa shape index (κ1) is 27.4. The average molecular weight is 509 g/mol. The van der Waals surface area contributed by atoms with Gasteiger partial charge in [0, 0.05) is 42.3 Å². The monoisotopic (exact) mass is 508 g/mol. The molecule has 1 heterocycles. The molecule has 10 heteroatoms. The SMILES string of the molecule is COC(=O)C1=C(C)NC(C)=C(C(=O)OCCCNCCNc2ccccc2)C1c1cccc([N+](=O)[O-])c1. The molecule has 0 bridgehead atoms. The van der Waals surface area contributed by atoms with Crippen LogP contribution >= 0.6 is 0 Å². The van der Waals surface area contributed by atoms with Gasteiger partial charge in [-0.3, -0.25) is 10.1 Å². The largest absolute Gasteiger partial charge is 0.466 e. The first-order chi connectivity index (χ1) is 17.8. The molecule has 0 saturated carbocycles. The number of esters is 2. The van der Waals surface area contributed by atoms with Gasteiger partial charge in [-0.1, -0.05) is 30.3 Å².